The molecule has 1 aromatic rings. The Morgan fingerprint density at radius 3 is 2.29 bits per heavy atom. The molecule has 1 aromatic carbocycles. The van der Waals surface area contributed by atoms with Crippen molar-refractivity contribution in [3.05, 3.63) is 35.4 Å². The number of amides is 1. The summed E-state index contributed by atoms with van der Waals surface area (Å²) in [5.41, 5.74) is 2.48. The van der Waals surface area contributed by atoms with Crippen LogP contribution in [0.5, 0.6) is 0 Å². The van der Waals surface area contributed by atoms with E-state index < -0.39 is 0 Å². The van der Waals surface area contributed by atoms with Gasteiger partial charge in [0.25, 0.3) is 0 Å². The fourth-order valence-corrected chi connectivity index (χ4v) is 3.88. The Hall–Kier alpha value is -1.39. The summed E-state index contributed by atoms with van der Waals surface area (Å²) in [4.78, 5) is 17.7. The van der Waals surface area contributed by atoms with Gasteiger partial charge in [-0.1, -0.05) is 38.1 Å². The van der Waals surface area contributed by atoms with E-state index in [4.69, 9.17) is 0 Å². The van der Waals surface area contributed by atoms with Crippen molar-refractivity contribution in [1.82, 2.24) is 15.1 Å². The van der Waals surface area contributed by atoms with Crippen molar-refractivity contribution in [2.24, 2.45) is 0 Å². The third kappa shape index (κ3) is 3.81. The van der Waals surface area contributed by atoms with Gasteiger partial charge in [0, 0.05) is 38.8 Å². The van der Waals surface area contributed by atoms with Gasteiger partial charge < -0.3 is 10.2 Å². The first-order chi connectivity index (χ1) is 11.6. The van der Waals surface area contributed by atoms with Gasteiger partial charge in [-0.3, -0.25) is 9.69 Å². The second-order valence-electron chi connectivity index (χ2n) is 7.61. The molecular formula is C20H31N3O. The molecule has 2 atom stereocenters. The molecule has 0 radical (unpaired) electrons. The Labute approximate surface area is 146 Å². The molecular weight excluding hydrogens is 298 g/mol. The Balaban J connectivity index is 1.86. The summed E-state index contributed by atoms with van der Waals surface area (Å²) >= 11 is 0. The molecule has 0 aromatic heterocycles. The standard InChI is InChI=1S/C20H31N3O/c1-15(2)17-6-8-18(9-7-17)19(20(24)22-11-4-5-12-22)23-13-10-21-16(3)14-23/h6-9,15-16,19,21H,4-5,10-14H2,1-3H3. The van der Waals surface area contributed by atoms with Crippen LogP contribution in [0.15, 0.2) is 24.3 Å². The van der Waals surface area contributed by atoms with Crippen molar-refractivity contribution < 1.29 is 4.79 Å². The number of nitrogens with zero attached hydrogens (tertiary/aromatic N) is 2. The third-order valence-corrected chi connectivity index (χ3v) is 5.34. The maximum absolute atomic E-state index is 13.2. The number of hydrogen-bond acceptors (Lipinski definition) is 3. The largest absolute Gasteiger partial charge is 0.341 e. The number of rotatable bonds is 4. The van der Waals surface area contributed by atoms with Crippen LogP contribution in [0.3, 0.4) is 0 Å². The average molecular weight is 329 g/mol. The van der Waals surface area contributed by atoms with Crippen LogP contribution in [-0.2, 0) is 4.79 Å². The Morgan fingerprint density at radius 1 is 1.08 bits per heavy atom. The highest BCUT2D eigenvalue weighted by molar-refractivity contribution is 5.83. The first-order valence-electron chi connectivity index (χ1n) is 9.42. The Kier molecular flexibility index (Phi) is 5.57. The lowest BCUT2D eigenvalue weighted by Gasteiger charge is -2.38. The molecule has 2 saturated heterocycles. The van der Waals surface area contributed by atoms with Crippen LogP contribution in [0.4, 0.5) is 0 Å². The molecule has 1 N–H and O–H groups in total. The molecule has 24 heavy (non-hydrogen) atoms. The number of nitrogens with one attached hydrogen (secondary N) is 1. The summed E-state index contributed by atoms with van der Waals surface area (Å²) in [5.74, 6) is 0.810. The van der Waals surface area contributed by atoms with E-state index in [0.717, 1.165) is 51.1 Å². The van der Waals surface area contributed by atoms with Gasteiger partial charge >= 0.3 is 0 Å². The van der Waals surface area contributed by atoms with E-state index in [1.807, 2.05) is 0 Å². The van der Waals surface area contributed by atoms with Crippen LogP contribution < -0.4 is 5.32 Å². The second-order valence-corrected chi connectivity index (χ2v) is 7.61. The highest BCUT2D eigenvalue weighted by Crippen LogP contribution is 2.27. The molecule has 2 heterocycles. The predicted molar refractivity (Wildman–Crippen MR) is 98.1 cm³/mol. The van der Waals surface area contributed by atoms with Crippen molar-refractivity contribution >= 4 is 5.91 Å². The lowest BCUT2D eigenvalue weighted by molar-refractivity contribution is -0.136. The Morgan fingerprint density at radius 2 is 1.71 bits per heavy atom. The number of carbonyl (C=O) groups is 1. The van der Waals surface area contributed by atoms with Crippen molar-refractivity contribution in [2.75, 3.05) is 32.7 Å². The maximum atomic E-state index is 13.2. The summed E-state index contributed by atoms with van der Waals surface area (Å²) in [6.07, 6.45) is 2.28. The van der Waals surface area contributed by atoms with E-state index >= 15 is 0 Å². The average Bonchev–Trinajstić information content (AvgIpc) is 3.10. The fourth-order valence-electron chi connectivity index (χ4n) is 3.88. The van der Waals surface area contributed by atoms with E-state index in [1.54, 1.807) is 0 Å². The summed E-state index contributed by atoms with van der Waals surface area (Å²) in [7, 11) is 0. The first kappa shape index (κ1) is 17.4. The zero-order chi connectivity index (χ0) is 17.1. The summed E-state index contributed by atoms with van der Waals surface area (Å²) in [5, 5.41) is 3.48. The number of likely N-dealkylation sites (tertiary alicyclic amines) is 1. The topological polar surface area (TPSA) is 35.6 Å². The number of hydrogen-bond donors (Lipinski definition) is 1. The summed E-state index contributed by atoms with van der Waals surface area (Å²) in [6, 6.07) is 9.02. The second kappa shape index (κ2) is 7.66. The van der Waals surface area contributed by atoms with Crippen molar-refractivity contribution in [1.29, 1.82) is 0 Å². The van der Waals surface area contributed by atoms with Gasteiger partial charge in [0.1, 0.15) is 6.04 Å². The predicted octanol–water partition coefficient (Wildman–Crippen LogP) is 2.77. The maximum Gasteiger partial charge on any atom is 0.244 e. The van der Waals surface area contributed by atoms with Gasteiger partial charge in [-0.05, 0) is 36.8 Å². The highest BCUT2D eigenvalue weighted by atomic mass is 16.2. The number of benzene rings is 1. The van der Waals surface area contributed by atoms with Gasteiger partial charge in [-0.15, -0.1) is 0 Å². The molecule has 4 nitrogen and oxygen atoms in total. The van der Waals surface area contributed by atoms with Crippen LogP contribution in [-0.4, -0.2) is 54.5 Å². The molecule has 2 aliphatic rings. The molecule has 2 unspecified atom stereocenters. The van der Waals surface area contributed by atoms with Gasteiger partial charge in [0.05, 0.1) is 0 Å². The minimum atomic E-state index is -0.131. The molecule has 2 fully saturated rings. The molecule has 4 heteroatoms. The minimum absolute atomic E-state index is 0.131. The van der Waals surface area contributed by atoms with Crippen molar-refractivity contribution in [3.8, 4) is 0 Å². The monoisotopic (exact) mass is 329 g/mol. The van der Waals surface area contributed by atoms with Crippen molar-refractivity contribution in [2.45, 2.75) is 51.6 Å². The smallest absolute Gasteiger partial charge is 0.244 e. The quantitative estimate of drug-likeness (QED) is 0.923. The van der Waals surface area contributed by atoms with Crippen molar-refractivity contribution in [3.63, 3.8) is 0 Å². The Bertz CT molecular complexity index is 549. The first-order valence-corrected chi connectivity index (χ1v) is 9.42. The zero-order valence-corrected chi connectivity index (χ0v) is 15.3. The number of carbonyl (C=O) groups excluding carboxylic acids is 1. The SMILES string of the molecule is CC1CN(C(C(=O)N2CCCC2)c2ccc(C(C)C)cc2)CCN1. The van der Waals surface area contributed by atoms with Gasteiger partial charge in [0.2, 0.25) is 5.91 Å². The van der Waals surface area contributed by atoms with Crippen LogP contribution >= 0.6 is 0 Å². The normalized spacial score (nSPS) is 23.7. The van der Waals surface area contributed by atoms with E-state index in [0.29, 0.717) is 17.9 Å². The van der Waals surface area contributed by atoms with Gasteiger partial charge in [0.15, 0.2) is 0 Å². The van der Waals surface area contributed by atoms with Gasteiger partial charge in [-0.25, -0.2) is 0 Å². The lowest BCUT2D eigenvalue weighted by atomic mass is 9.97. The lowest BCUT2D eigenvalue weighted by Crippen LogP contribution is -2.53. The third-order valence-electron chi connectivity index (χ3n) is 5.34. The van der Waals surface area contributed by atoms with Crippen LogP contribution in [0.25, 0.3) is 0 Å². The fraction of sp³-hybridized carbons (Fsp3) is 0.650. The van der Waals surface area contributed by atoms with E-state index in [1.165, 1.54) is 5.56 Å². The number of piperazine rings is 1. The molecule has 0 aliphatic carbocycles. The summed E-state index contributed by atoms with van der Waals surface area (Å²) in [6.45, 7) is 11.3. The van der Waals surface area contributed by atoms with E-state index in [2.05, 4.69) is 60.2 Å². The molecule has 0 spiro atoms. The molecule has 0 bridgehead atoms. The molecule has 3 rings (SSSR count). The molecule has 0 saturated carbocycles. The highest BCUT2D eigenvalue weighted by Gasteiger charge is 2.34. The molecule has 1 amide bonds. The van der Waals surface area contributed by atoms with E-state index in [9.17, 15) is 4.79 Å². The minimum Gasteiger partial charge on any atom is -0.341 e. The van der Waals surface area contributed by atoms with E-state index in [-0.39, 0.29) is 6.04 Å². The van der Waals surface area contributed by atoms with Crippen LogP contribution in [0, 0.1) is 0 Å². The molecule has 132 valence electrons. The van der Waals surface area contributed by atoms with Crippen LogP contribution in [0.2, 0.25) is 0 Å². The zero-order valence-electron chi connectivity index (χ0n) is 15.3. The van der Waals surface area contributed by atoms with Gasteiger partial charge in [-0.2, -0.15) is 0 Å². The van der Waals surface area contributed by atoms with Crippen LogP contribution in [0.1, 0.15) is 56.7 Å². The summed E-state index contributed by atoms with van der Waals surface area (Å²) < 4.78 is 0. The molecule has 2 aliphatic heterocycles.